The van der Waals surface area contributed by atoms with Crippen LogP contribution in [0.25, 0.3) is 10.9 Å². The summed E-state index contributed by atoms with van der Waals surface area (Å²) in [4.78, 5) is 16.8. The second kappa shape index (κ2) is 5.03. The van der Waals surface area contributed by atoms with Gasteiger partial charge in [0.05, 0.1) is 33.2 Å². The molecule has 2 heterocycles. The highest BCUT2D eigenvalue weighted by Gasteiger charge is 2.19. The van der Waals surface area contributed by atoms with Crippen molar-refractivity contribution in [2.75, 3.05) is 33.2 Å². The van der Waals surface area contributed by atoms with E-state index in [2.05, 4.69) is 17.5 Å². The summed E-state index contributed by atoms with van der Waals surface area (Å²) in [6.45, 7) is 3.93. The van der Waals surface area contributed by atoms with E-state index in [1.807, 2.05) is 35.3 Å². The fraction of sp³-hybridized carbons (Fsp3) is 0.357. The zero-order chi connectivity index (χ0) is 13.2. The number of nitrogens with zero attached hydrogens (tertiary/aromatic N) is 1. The molecule has 1 fully saturated rings. The number of para-hydroxylation sites is 1. The predicted molar refractivity (Wildman–Crippen MR) is 74.0 cm³/mol. The molecule has 0 atom stereocenters. The van der Waals surface area contributed by atoms with E-state index < -0.39 is 0 Å². The molecule has 1 aliphatic rings. The topological polar surface area (TPSA) is 52.6 Å². The van der Waals surface area contributed by atoms with Crippen molar-refractivity contribution in [2.45, 2.75) is 0 Å². The number of benzene rings is 1. The van der Waals surface area contributed by atoms with E-state index in [4.69, 9.17) is 0 Å². The van der Waals surface area contributed by atoms with Crippen LogP contribution in [-0.4, -0.2) is 49.1 Å². The number of fused-ring (bicyclic) bond motifs is 1. The van der Waals surface area contributed by atoms with E-state index in [9.17, 15) is 4.79 Å². The molecule has 0 bridgehead atoms. The number of aromatic amines is 1. The number of rotatable bonds is 2. The van der Waals surface area contributed by atoms with Crippen molar-refractivity contribution in [1.29, 1.82) is 0 Å². The van der Waals surface area contributed by atoms with E-state index >= 15 is 0 Å². The van der Waals surface area contributed by atoms with Crippen LogP contribution in [0.1, 0.15) is 10.5 Å². The number of quaternary nitrogens is 1. The zero-order valence-corrected chi connectivity index (χ0v) is 11.1. The summed E-state index contributed by atoms with van der Waals surface area (Å²) in [7, 11) is 2.18. The largest absolute Gasteiger partial charge is 0.350 e. The number of carbonyl (C=O) groups excluding carboxylic acids is 1. The molecule has 3 rings (SSSR count). The summed E-state index contributed by atoms with van der Waals surface area (Å²) in [6.07, 6.45) is 0. The molecular weight excluding hydrogens is 240 g/mol. The van der Waals surface area contributed by atoms with Gasteiger partial charge in [-0.05, 0) is 12.1 Å². The zero-order valence-electron chi connectivity index (χ0n) is 11.1. The van der Waals surface area contributed by atoms with Crippen LogP contribution in [0.5, 0.6) is 0 Å². The Balaban J connectivity index is 1.70. The second-order valence-electron chi connectivity index (χ2n) is 5.16. The number of carbonyl (C=O) groups is 1. The van der Waals surface area contributed by atoms with Crippen molar-refractivity contribution < 1.29 is 9.69 Å². The van der Waals surface area contributed by atoms with Crippen LogP contribution in [0.3, 0.4) is 0 Å². The van der Waals surface area contributed by atoms with Crippen molar-refractivity contribution in [3.05, 3.63) is 36.0 Å². The van der Waals surface area contributed by atoms with Crippen molar-refractivity contribution in [3.63, 3.8) is 0 Å². The highest BCUT2D eigenvalue weighted by Crippen LogP contribution is 2.14. The predicted octanol–water partition coefficient (Wildman–Crippen LogP) is -0.357. The van der Waals surface area contributed by atoms with Gasteiger partial charge in [0.2, 0.25) is 0 Å². The maximum Gasteiger partial charge on any atom is 0.282 e. The molecule has 1 aromatic carbocycles. The first-order chi connectivity index (χ1) is 9.22. The molecule has 1 aliphatic heterocycles. The van der Waals surface area contributed by atoms with Gasteiger partial charge in [-0.2, -0.15) is 0 Å². The van der Waals surface area contributed by atoms with Crippen LogP contribution < -0.4 is 10.3 Å². The van der Waals surface area contributed by atoms with Gasteiger partial charge >= 0.3 is 0 Å². The van der Waals surface area contributed by atoms with Gasteiger partial charge in [0.1, 0.15) is 5.69 Å². The molecule has 5 heteroatoms. The van der Waals surface area contributed by atoms with Crippen LogP contribution in [-0.2, 0) is 0 Å². The van der Waals surface area contributed by atoms with E-state index in [1.165, 1.54) is 4.90 Å². The molecule has 0 spiro atoms. The van der Waals surface area contributed by atoms with Gasteiger partial charge < -0.3 is 9.88 Å². The maximum atomic E-state index is 12.2. The van der Waals surface area contributed by atoms with Crippen LogP contribution >= 0.6 is 0 Å². The van der Waals surface area contributed by atoms with Crippen molar-refractivity contribution in [3.8, 4) is 0 Å². The number of amides is 1. The summed E-state index contributed by atoms with van der Waals surface area (Å²) < 4.78 is 0. The summed E-state index contributed by atoms with van der Waals surface area (Å²) in [6, 6.07) is 9.81. The number of nitrogens with one attached hydrogen (secondary N) is 3. The van der Waals surface area contributed by atoms with Gasteiger partial charge in [0.25, 0.3) is 5.91 Å². The fourth-order valence-electron chi connectivity index (χ4n) is 2.40. The van der Waals surface area contributed by atoms with E-state index in [-0.39, 0.29) is 5.91 Å². The summed E-state index contributed by atoms with van der Waals surface area (Å²) in [5, 5.41) is 3.07. The summed E-state index contributed by atoms with van der Waals surface area (Å²) in [5.74, 6) is -0.0595. The molecule has 0 aliphatic carbocycles. The lowest BCUT2D eigenvalue weighted by atomic mass is 10.2. The number of likely N-dealkylation sites (N-methyl/N-ethyl adjacent to an activating group) is 1. The molecule has 0 radical (unpaired) electrons. The standard InChI is InChI=1S/C14H18N4O/c1-17-6-8-18(9-7-17)16-14(19)13-10-11-4-2-3-5-12(11)15-13/h2-5,10,15H,6-9H2,1H3,(H,16,19)/p+1. The normalized spacial score (nSPS) is 17.7. The Hall–Kier alpha value is -1.85. The monoisotopic (exact) mass is 259 g/mol. The Morgan fingerprint density at radius 3 is 2.79 bits per heavy atom. The molecule has 1 saturated heterocycles. The number of H-pyrrole nitrogens is 1. The third kappa shape index (κ3) is 2.62. The number of aromatic nitrogens is 1. The minimum Gasteiger partial charge on any atom is -0.350 e. The van der Waals surface area contributed by atoms with E-state index in [0.717, 1.165) is 37.1 Å². The molecule has 5 nitrogen and oxygen atoms in total. The Morgan fingerprint density at radius 1 is 1.32 bits per heavy atom. The highest BCUT2D eigenvalue weighted by atomic mass is 16.2. The lowest BCUT2D eigenvalue weighted by molar-refractivity contribution is -0.884. The van der Waals surface area contributed by atoms with Gasteiger partial charge in [0, 0.05) is 10.9 Å². The minimum atomic E-state index is -0.0595. The highest BCUT2D eigenvalue weighted by molar-refractivity contribution is 5.97. The molecule has 100 valence electrons. The van der Waals surface area contributed by atoms with Crippen molar-refractivity contribution >= 4 is 16.8 Å². The lowest BCUT2D eigenvalue weighted by Gasteiger charge is -2.29. The van der Waals surface area contributed by atoms with Gasteiger partial charge in [-0.3, -0.25) is 10.2 Å². The Morgan fingerprint density at radius 2 is 2.05 bits per heavy atom. The molecule has 3 N–H and O–H groups in total. The van der Waals surface area contributed by atoms with Crippen molar-refractivity contribution in [1.82, 2.24) is 15.4 Å². The van der Waals surface area contributed by atoms with E-state index in [0.29, 0.717) is 5.69 Å². The van der Waals surface area contributed by atoms with Gasteiger partial charge in [-0.1, -0.05) is 18.2 Å². The van der Waals surface area contributed by atoms with Gasteiger partial charge in [-0.25, -0.2) is 5.01 Å². The Kier molecular flexibility index (Phi) is 3.23. The third-order valence-corrected chi connectivity index (χ3v) is 3.65. The minimum absolute atomic E-state index is 0.0595. The van der Waals surface area contributed by atoms with E-state index in [1.54, 1.807) is 0 Å². The lowest BCUT2D eigenvalue weighted by Crippen LogP contribution is -3.12. The first kappa shape index (κ1) is 12.2. The fourth-order valence-corrected chi connectivity index (χ4v) is 2.40. The average molecular weight is 259 g/mol. The van der Waals surface area contributed by atoms with Gasteiger partial charge in [-0.15, -0.1) is 0 Å². The summed E-state index contributed by atoms with van der Waals surface area (Å²) >= 11 is 0. The number of piperazine rings is 1. The molecule has 0 saturated carbocycles. The SMILES string of the molecule is C[NH+]1CCN(NC(=O)c2cc3ccccc3[nH]2)CC1. The van der Waals surface area contributed by atoms with Crippen LogP contribution in [0.15, 0.2) is 30.3 Å². The summed E-state index contributed by atoms with van der Waals surface area (Å²) in [5.41, 5.74) is 4.58. The maximum absolute atomic E-state index is 12.2. The molecular formula is C14H19N4O+. The van der Waals surface area contributed by atoms with Crippen LogP contribution in [0.2, 0.25) is 0 Å². The van der Waals surface area contributed by atoms with Crippen LogP contribution in [0.4, 0.5) is 0 Å². The second-order valence-corrected chi connectivity index (χ2v) is 5.16. The first-order valence-electron chi connectivity index (χ1n) is 6.67. The Bertz CT molecular complexity index is 551. The van der Waals surface area contributed by atoms with Crippen molar-refractivity contribution in [2.24, 2.45) is 0 Å². The number of hydrogen-bond acceptors (Lipinski definition) is 2. The van der Waals surface area contributed by atoms with Crippen LogP contribution in [0, 0.1) is 0 Å². The molecule has 1 amide bonds. The third-order valence-electron chi connectivity index (χ3n) is 3.65. The number of hydrazine groups is 1. The Labute approximate surface area is 112 Å². The molecule has 19 heavy (non-hydrogen) atoms. The molecule has 2 aromatic rings. The quantitative estimate of drug-likeness (QED) is 0.690. The average Bonchev–Trinajstić information content (AvgIpc) is 2.85. The smallest absolute Gasteiger partial charge is 0.282 e. The first-order valence-corrected chi connectivity index (χ1v) is 6.67. The molecule has 0 unspecified atom stereocenters. The van der Waals surface area contributed by atoms with Gasteiger partial charge in [0.15, 0.2) is 0 Å². The number of hydrogen-bond donors (Lipinski definition) is 3. The molecule has 1 aromatic heterocycles.